The predicted molar refractivity (Wildman–Crippen MR) is 98.4 cm³/mol. The zero-order chi connectivity index (χ0) is 16.5. The lowest BCUT2D eigenvalue weighted by Gasteiger charge is -2.36. The van der Waals surface area contributed by atoms with E-state index in [9.17, 15) is 0 Å². The van der Waals surface area contributed by atoms with Gasteiger partial charge in [0.2, 0.25) is 0 Å². The van der Waals surface area contributed by atoms with Crippen molar-refractivity contribution in [1.29, 1.82) is 0 Å². The summed E-state index contributed by atoms with van der Waals surface area (Å²) in [6.07, 6.45) is 3.50. The highest BCUT2D eigenvalue weighted by Gasteiger charge is 2.24. The standard InChI is InChI=1S/C17H33N3O2S/c1-14(2)16-13-20(8-12-23-16)17(18-3)19-7-4-9-22-15-5-10-21-11-6-15/h14-16H,4-13H2,1-3H3,(H,18,19). The molecule has 23 heavy (non-hydrogen) atoms. The van der Waals surface area contributed by atoms with E-state index < -0.39 is 0 Å². The summed E-state index contributed by atoms with van der Waals surface area (Å²) in [7, 11) is 1.88. The Balaban J connectivity index is 1.62. The van der Waals surface area contributed by atoms with Crippen LogP contribution in [0.1, 0.15) is 33.1 Å². The average molecular weight is 344 g/mol. The molecule has 1 N–H and O–H groups in total. The molecule has 2 fully saturated rings. The Morgan fingerprint density at radius 3 is 2.87 bits per heavy atom. The Hall–Kier alpha value is -0.460. The van der Waals surface area contributed by atoms with E-state index in [1.165, 1.54) is 5.75 Å². The van der Waals surface area contributed by atoms with Crippen LogP contribution in [0.2, 0.25) is 0 Å². The quantitative estimate of drug-likeness (QED) is 0.455. The number of hydrogen-bond donors (Lipinski definition) is 1. The summed E-state index contributed by atoms with van der Waals surface area (Å²) in [4.78, 5) is 6.86. The number of nitrogens with zero attached hydrogens (tertiary/aromatic N) is 2. The molecular formula is C17H33N3O2S. The van der Waals surface area contributed by atoms with E-state index in [-0.39, 0.29) is 0 Å². The molecule has 2 rings (SSSR count). The molecule has 0 radical (unpaired) electrons. The third-order valence-corrected chi connectivity index (χ3v) is 6.01. The molecule has 0 saturated carbocycles. The second-order valence-electron chi connectivity index (χ2n) is 6.61. The maximum Gasteiger partial charge on any atom is 0.193 e. The second kappa shape index (κ2) is 10.4. The largest absolute Gasteiger partial charge is 0.381 e. The van der Waals surface area contributed by atoms with Crippen LogP contribution in [-0.4, -0.2) is 74.5 Å². The first-order valence-corrected chi connectivity index (χ1v) is 10.0. The Labute approximate surface area is 145 Å². The van der Waals surface area contributed by atoms with Gasteiger partial charge in [-0.3, -0.25) is 4.99 Å². The van der Waals surface area contributed by atoms with Crippen molar-refractivity contribution in [3.8, 4) is 0 Å². The minimum absolute atomic E-state index is 0.397. The van der Waals surface area contributed by atoms with Crippen molar-refractivity contribution < 1.29 is 9.47 Å². The molecule has 1 atom stereocenters. The van der Waals surface area contributed by atoms with Crippen LogP contribution in [0.3, 0.4) is 0 Å². The van der Waals surface area contributed by atoms with Gasteiger partial charge in [0, 0.05) is 57.5 Å². The number of nitrogens with one attached hydrogen (secondary N) is 1. The summed E-state index contributed by atoms with van der Waals surface area (Å²) < 4.78 is 11.3. The second-order valence-corrected chi connectivity index (χ2v) is 7.96. The Morgan fingerprint density at radius 2 is 2.17 bits per heavy atom. The topological polar surface area (TPSA) is 46.1 Å². The minimum atomic E-state index is 0.397. The highest BCUT2D eigenvalue weighted by Crippen LogP contribution is 2.24. The van der Waals surface area contributed by atoms with Crippen LogP contribution in [0.5, 0.6) is 0 Å². The summed E-state index contributed by atoms with van der Waals surface area (Å²) in [5.74, 6) is 2.95. The molecule has 0 aromatic heterocycles. The molecular weight excluding hydrogens is 310 g/mol. The zero-order valence-electron chi connectivity index (χ0n) is 14.9. The molecule has 134 valence electrons. The normalized spacial score (nSPS) is 24.3. The van der Waals surface area contributed by atoms with Crippen molar-refractivity contribution in [3.05, 3.63) is 0 Å². The van der Waals surface area contributed by atoms with Gasteiger partial charge in [-0.05, 0) is 25.2 Å². The maximum absolute atomic E-state index is 5.92. The zero-order valence-corrected chi connectivity index (χ0v) is 15.7. The van der Waals surface area contributed by atoms with Crippen molar-refractivity contribution in [2.45, 2.75) is 44.5 Å². The van der Waals surface area contributed by atoms with Crippen LogP contribution in [-0.2, 0) is 9.47 Å². The lowest BCUT2D eigenvalue weighted by atomic mass is 10.1. The molecule has 0 bridgehead atoms. The highest BCUT2D eigenvalue weighted by atomic mass is 32.2. The van der Waals surface area contributed by atoms with Gasteiger partial charge in [0.1, 0.15) is 0 Å². The Morgan fingerprint density at radius 1 is 1.39 bits per heavy atom. The first-order valence-electron chi connectivity index (χ1n) is 8.97. The van der Waals surface area contributed by atoms with Crippen LogP contribution in [0.4, 0.5) is 0 Å². The van der Waals surface area contributed by atoms with Crippen molar-refractivity contribution in [1.82, 2.24) is 10.2 Å². The van der Waals surface area contributed by atoms with Gasteiger partial charge in [-0.1, -0.05) is 13.8 Å². The monoisotopic (exact) mass is 343 g/mol. The van der Waals surface area contributed by atoms with Gasteiger partial charge in [-0.15, -0.1) is 0 Å². The third kappa shape index (κ3) is 6.51. The lowest BCUT2D eigenvalue weighted by Crippen LogP contribution is -2.49. The maximum atomic E-state index is 5.92. The van der Waals surface area contributed by atoms with Gasteiger partial charge in [0.25, 0.3) is 0 Å². The average Bonchev–Trinajstić information content (AvgIpc) is 2.59. The van der Waals surface area contributed by atoms with Crippen LogP contribution in [0, 0.1) is 5.92 Å². The minimum Gasteiger partial charge on any atom is -0.381 e. The molecule has 0 aromatic carbocycles. The van der Waals surface area contributed by atoms with Crippen LogP contribution in [0.15, 0.2) is 4.99 Å². The lowest BCUT2D eigenvalue weighted by molar-refractivity contribution is -0.0320. The molecule has 2 aliphatic heterocycles. The SMILES string of the molecule is CN=C(NCCCOC1CCOCC1)N1CCSC(C(C)C)C1. The van der Waals surface area contributed by atoms with Crippen LogP contribution in [0.25, 0.3) is 0 Å². The van der Waals surface area contributed by atoms with E-state index in [1.807, 2.05) is 7.05 Å². The summed E-state index contributed by atoms with van der Waals surface area (Å²) in [5, 5.41) is 4.21. The number of hydrogen-bond acceptors (Lipinski definition) is 4. The number of guanidine groups is 1. The molecule has 0 spiro atoms. The van der Waals surface area contributed by atoms with Crippen LogP contribution < -0.4 is 5.32 Å². The number of aliphatic imine (C=N–C) groups is 1. The van der Waals surface area contributed by atoms with Crippen molar-refractivity contribution in [2.75, 3.05) is 52.3 Å². The molecule has 5 nitrogen and oxygen atoms in total. The molecule has 1 unspecified atom stereocenters. The van der Waals surface area contributed by atoms with Crippen molar-refractivity contribution in [3.63, 3.8) is 0 Å². The van der Waals surface area contributed by atoms with E-state index in [2.05, 4.69) is 40.8 Å². The van der Waals surface area contributed by atoms with Crippen LogP contribution >= 0.6 is 11.8 Å². The van der Waals surface area contributed by atoms with Crippen molar-refractivity contribution >= 4 is 17.7 Å². The molecule has 0 amide bonds. The van der Waals surface area contributed by atoms with E-state index in [1.54, 1.807) is 0 Å². The summed E-state index contributed by atoms with van der Waals surface area (Å²) in [6.45, 7) is 10.2. The van der Waals surface area contributed by atoms with Gasteiger partial charge in [-0.2, -0.15) is 11.8 Å². The number of ether oxygens (including phenoxy) is 2. The summed E-state index contributed by atoms with van der Waals surface area (Å²) >= 11 is 2.10. The smallest absolute Gasteiger partial charge is 0.193 e. The van der Waals surface area contributed by atoms with E-state index in [0.717, 1.165) is 64.7 Å². The third-order valence-electron chi connectivity index (χ3n) is 4.47. The van der Waals surface area contributed by atoms with Gasteiger partial charge < -0.3 is 19.7 Å². The first-order chi connectivity index (χ1) is 11.2. The fourth-order valence-electron chi connectivity index (χ4n) is 2.97. The summed E-state index contributed by atoms with van der Waals surface area (Å²) in [5.41, 5.74) is 0. The number of rotatable bonds is 6. The number of thioether (sulfide) groups is 1. The van der Waals surface area contributed by atoms with E-state index in [4.69, 9.17) is 9.47 Å². The highest BCUT2D eigenvalue weighted by molar-refractivity contribution is 8.00. The molecule has 2 saturated heterocycles. The van der Waals surface area contributed by atoms with Crippen molar-refractivity contribution in [2.24, 2.45) is 10.9 Å². The first kappa shape index (κ1) is 18.9. The molecule has 0 aromatic rings. The predicted octanol–water partition coefficient (Wildman–Crippen LogP) is 2.22. The van der Waals surface area contributed by atoms with Gasteiger partial charge in [0.05, 0.1) is 6.10 Å². The molecule has 2 heterocycles. The Bertz CT molecular complexity index is 360. The van der Waals surface area contributed by atoms with E-state index >= 15 is 0 Å². The van der Waals surface area contributed by atoms with Gasteiger partial charge >= 0.3 is 0 Å². The van der Waals surface area contributed by atoms with E-state index in [0.29, 0.717) is 17.3 Å². The molecule has 6 heteroatoms. The Kier molecular flexibility index (Phi) is 8.55. The fraction of sp³-hybridized carbons (Fsp3) is 0.941. The van der Waals surface area contributed by atoms with Gasteiger partial charge in [-0.25, -0.2) is 0 Å². The molecule has 2 aliphatic rings. The van der Waals surface area contributed by atoms with Gasteiger partial charge in [0.15, 0.2) is 5.96 Å². The molecule has 0 aliphatic carbocycles. The fourth-order valence-corrected chi connectivity index (χ4v) is 4.27. The summed E-state index contributed by atoms with van der Waals surface area (Å²) in [6, 6.07) is 0.